The molecule has 3 rings (SSSR count). The zero-order chi connectivity index (χ0) is 19.6. The summed E-state index contributed by atoms with van der Waals surface area (Å²) in [7, 11) is -4.10. The predicted molar refractivity (Wildman–Crippen MR) is 101 cm³/mol. The molecule has 0 heterocycles. The minimum atomic E-state index is -4.10. The lowest BCUT2D eigenvalue weighted by Gasteiger charge is -2.06. The number of fused-ring (bicyclic) bond motifs is 1. The molecule has 0 saturated heterocycles. The fourth-order valence-electron chi connectivity index (χ4n) is 2.59. The van der Waals surface area contributed by atoms with E-state index < -0.39 is 14.9 Å². The molecule has 0 atom stereocenters. The second kappa shape index (κ2) is 7.04. The van der Waals surface area contributed by atoms with Crippen LogP contribution >= 0.6 is 0 Å². The quantitative estimate of drug-likeness (QED) is 0.397. The first kappa shape index (κ1) is 18.3. The Labute approximate surface area is 155 Å². The van der Waals surface area contributed by atoms with Gasteiger partial charge in [0.25, 0.3) is 15.7 Å². The minimum absolute atomic E-state index is 0.0531. The first-order valence-corrected chi connectivity index (χ1v) is 9.28. The number of sulfonamides is 1. The number of rotatable bonds is 5. The van der Waals surface area contributed by atoms with Gasteiger partial charge in [-0.3, -0.25) is 10.1 Å². The molecule has 0 unspecified atom stereocenters. The Morgan fingerprint density at radius 1 is 1.15 bits per heavy atom. The number of hydrogen-bond acceptors (Lipinski definition) is 6. The third kappa shape index (κ3) is 3.72. The van der Waals surface area contributed by atoms with E-state index in [2.05, 4.69) is 5.10 Å². The van der Waals surface area contributed by atoms with Crippen molar-refractivity contribution < 1.29 is 18.4 Å². The monoisotopic (exact) mass is 385 g/mol. The summed E-state index contributed by atoms with van der Waals surface area (Å²) in [6.45, 7) is 1.52. The Morgan fingerprint density at radius 3 is 2.63 bits per heavy atom. The smallest absolute Gasteiger partial charge is 0.276 e. The minimum Gasteiger partial charge on any atom is -0.507 e. The van der Waals surface area contributed by atoms with Gasteiger partial charge in [0.05, 0.1) is 16.0 Å². The third-order valence-corrected chi connectivity index (χ3v) is 5.22. The summed E-state index contributed by atoms with van der Waals surface area (Å²) in [5, 5.41) is 26.3. The Kier molecular flexibility index (Phi) is 4.78. The molecule has 0 aromatic heterocycles. The van der Waals surface area contributed by atoms with E-state index in [1.165, 1.54) is 31.3 Å². The van der Waals surface area contributed by atoms with Crippen molar-refractivity contribution in [2.45, 2.75) is 11.8 Å². The Hall–Kier alpha value is -3.46. The van der Waals surface area contributed by atoms with Crippen LogP contribution in [0.1, 0.15) is 11.1 Å². The second-order valence-electron chi connectivity index (χ2n) is 5.78. The fraction of sp³-hybridized carbons (Fsp3) is 0.0556. The Bertz CT molecular complexity index is 1170. The van der Waals surface area contributed by atoms with Crippen molar-refractivity contribution in [3.8, 4) is 5.75 Å². The van der Waals surface area contributed by atoms with E-state index in [1.807, 2.05) is 17.0 Å². The van der Waals surface area contributed by atoms with Crippen LogP contribution in [-0.2, 0) is 10.0 Å². The lowest BCUT2D eigenvalue weighted by atomic mass is 10.0. The van der Waals surface area contributed by atoms with Crippen LogP contribution in [0.5, 0.6) is 5.75 Å². The summed E-state index contributed by atoms with van der Waals surface area (Å²) in [4.78, 5) is 12.1. The standard InChI is InChI=1S/C18H15N3O5S/c1-12-6-8-14(10-17(12)21(23)24)27(25,26)20-19-11-16-15-5-3-2-4-13(15)7-9-18(16)22/h2-11,20,22H,1H3/b19-11+. The number of nitrogens with one attached hydrogen (secondary N) is 1. The van der Waals surface area contributed by atoms with Crippen LogP contribution in [0.2, 0.25) is 0 Å². The topological polar surface area (TPSA) is 122 Å². The van der Waals surface area contributed by atoms with E-state index in [0.29, 0.717) is 16.5 Å². The number of hydrazone groups is 1. The first-order valence-electron chi connectivity index (χ1n) is 7.80. The highest BCUT2D eigenvalue weighted by molar-refractivity contribution is 7.89. The normalized spacial score (nSPS) is 11.7. The van der Waals surface area contributed by atoms with Crippen molar-refractivity contribution in [1.29, 1.82) is 0 Å². The van der Waals surface area contributed by atoms with E-state index >= 15 is 0 Å². The lowest BCUT2D eigenvalue weighted by Crippen LogP contribution is -2.18. The van der Waals surface area contributed by atoms with Crippen molar-refractivity contribution in [1.82, 2.24) is 4.83 Å². The molecular weight excluding hydrogens is 370 g/mol. The van der Waals surface area contributed by atoms with Crippen LogP contribution < -0.4 is 4.83 Å². The van der Waals surface area contributed by atoms with Gasteiger partial charge in [-0.25, -0.2) is 4.83 Å². The maximum Gasteiger partial charge on any atom is 0.276 e. The van der Waals surface area contributed by atoms with E-state index in [1.54, 1.807) is 18.2 Å². The molecule has 3 aromatic rings. The zero-order valence-corrected chi connectivity index (χ0v) is 15.0. The predicted octanol–water partition coefficient (Wildman–Crippen LogP) is 3.07. The van der Waals surface area contributed by atoms with Crippen LogP contribution in [0.15, 0.2) is 64.6 Å². The van der Waals surface area contributed by atoms with Gasteiger partial charge in [-0.2, -0.15) is 13.5 Å². The highest BCUT2D eigenvalue weighted by Gasteiger charge is 2.19. The van der Waals surface area contributed by atoms with Crippen LogP contribution in [0.25, 0.3) is 10.8 Å². The van der Waals surface area contributed by atoms with Gasteiger partial charge in [-0.1, -0.05) is 36.4 Å². The fourth-order valence-corrected chi connectivity index (χ4v) is 3.40. The number of aryl methyl sites for hydroxylation is 1. The van der Waals surface area contributed by atoms with Crippen molar-refractivity contribution in [3.05, 3.63) is 75.8 Å². The molecule has 27 heavy (non-hydrogen) atoms. The number of hydrogen-bond donors (Lipinski definition) is 2. The van der Waals surface area contributed by atoms with Crippen molar-refractivity contribution in [3.63, 3.8) is 0 Å². The number of nitrogens with zero attached hydrogens (tertiary/aromatic N) is 2. The molecule has 0 aliphatic rings. The number of nitro benzene ring substituents is 1. The molecule has 0 radical (unpaired) electrons. The summed E-state index contributed by atoms with van der Waals surface area (Å²) >= 11 is 0. The van der Waals surface area contributed by atoms with Crippen LogP contribution in [0.4, 0.5) is 5.69 Å². The summed E-state index contributed by atoms with van der Waals surface area (Å²) in [5.74, 6) is -0.0531. The number of aromatic hydroxyl groups is 1. The molecule has 8 nitrogen and oxygen atoms in total. The van der Waals surface area contributed by atoms with Gasteiger partial charge in [-0.05, 0) is 29.8 Å². The van der Waals surface area contributed by atoms with E-state index in [4.69, 9.17) is 0 Å². The van der Waals surface area contributed by atoms with Gasteiger partial charge in [0.1, 0.15) is 5.75 Å². The van der Waals surface area contributed by atoms with Crippen molar-refractivity contribution in [2.24, 2.45) is 5.10 Å². The third-order valence-electron chi connectivity index (χ3n) is 4.00. The summed E-state index contributed by atoms with van der Waals surface area (Å²) in [6, 6.07) is 14.1. The highest BCUT2D eigenvalue weighted by Crippen LogP contribution is 2.25. The molecule has 0 aliphatic heterocycles. The molecule has 9 heteroatoms. The number of benzene rings is 3. The largest absolute Gasteiger partial charge is 0.507 e. The summed E-state index contributed by atoms with van der Waals surface area (Å²) in [5.41, 5.74) is 0.405. The van der Waals surface area contributed by atoms with Crippen molar-refractivity contribution in [2.75, 3.05) is 0 Å². The Morgan fingerprint density at radius 2 is 1.89 bits per heavy atom. The molecule has 2 N–H and O–H groups in total. The summed E-state index contributed by atoms with van der Waals surface area (Å²) in [6.07, 6.45) is 1.19. The number of phenols is 1. The van der Waals surface area contributed by atoms with Gasteiger partial charge in [0, 0.05) is 17.2 Å². The lowest BCUT2D eigenvalue weighted by molar-refractivity contribution is -0.385. The van der Waals surface area contributed by atoms with Crippen molar-refractivity contribution >= 4 is 32.7 Å². The van der Waals surface area contributed by atoms with Gasteiger partial charge in [0.2, 0.25) is 0 Å². The highest BCUT2D eigenvalue weighted by atomic mass is 32.2. The van der Waals surface area contributed by atoms with Crippen LogP contribution in [0.3, 0.4) is 0 Å². The summed E-state index contributed by atoms with van der Waals surface area (Å²) < 4.78 is 24.7. The molecule has 0 amide bonds. The first-order chi connectivity index (χ1) is 12.8. The van der Waals surface area contributed by atoms with E-state index in [-0.39, 0.29) is 16.3 Å². The molecule has 0 spiro atoms. The average Bonchev–Trinajstić information content (AvgIpc) is 2.63. The molecule has 0 aliphatic carbocycles. The maximum atomic E-state index is 12.3. The van der Waals surface area contributed by atoms with Crippen LogP contribution in [0, 0.1) is 17.0 Å². The number of phenolic OH excluding ortho intramolecular Hbond substituents is 1. The van der Waals surface area contributed by atoms with Gasteiger partial charge in [0.15, 0.2) is 0 Å². The zero-order valence-electron chi connectivity index (χ0n) is 14.2. The molecular formula is C18H15N3O5S. The van der Waals surface area contributed by atoms with Gasteiger partial charge < -0.3 is 5.11 Å². The molecule has 0 fully saturated rings. The van der Waals surface area contributed by atoms with Gasteiger partial charge >= 0.3 is 0 Å². The van der Waals surface area contributed by atoms with E-state index in [9.17, 15) is 23.6 Å². The van der Waals surface area contributed by atoms with Gasteiger partial charge in [-0.15, -0.1) is 0 Å². The molecule has 138 valence electrons. The number of nitro groups is 1. The Balaban J connectivity index is 1.92. The molecule has 0 saturated carbocycles. The van der Waals surface area contributed by atoms with E-state index in [0.717, 1.165) is 11.5 Å². The SMILES string of the molecule is Cc1ccc(S(=O)(=O)N/N=C/c2c(O)ccc3ccccc23)cc1[N+](=O)[O-]. The molecule has 0 bridgehead atoms. The van der Waals surface area contributed by atoms with Crippen LogP contribution in [-0.4, -0.2) is 24.7 Å². The average molecular weight is 385 g/mol. The maximum absolute atomic E-state index is 12.3. The second-order valence-corrected chi connectivity index (χ2v) is 7.44. The molecule has 3 aromatic carbocycles.